The van der Waals surface area contributed by atoms with Gasteiger partial charge in [0, 0.05) is 37.2 Å². The van der Waals surface area contributed by atoms with Crippen LogP contribution in [0.5, 0.6) is 0 Å². The zero-order chi connectivity index (χ0) is 19.6. The molecule has 2 heterocycles. The van der Waals surface area contributed by atoms with Crippen molar-refractivity contribution in [2.75, 3.05) is 32.1 Å². The lowest BCUT2D eigenvalue weighted by molar-refractivity contribution is 0.0698. The number of aryl methyl sites for hydroxylation is 1. The third kappa shape index (κ3) is 4.28. The summed E-state index contributed by atoms with van der Waals surface area (Å²) in [6.45, 7) is 2.45. The average Bonchev–Trinajstić information content (AvgIpc) is 2.67. The summed E-state index contributed by atoms with van der Waals surface area (Å²) < 4.78 is 0. The van der Waals surface area contributed by atoms with E-state index in [2.05, 4.69) is 4.98 Å². The predicted molar refractivity (Wildman–Crippen MR) is 110 cm³/mol. The van der Waals surface area contributed by atoms with Gasteiger partial charge in [-0.2, -0.15) is 11.8 Å². The van der Waals surface area contributed by atoms with Crippen LogP contribution in [0, 0.1) is 6.92 Å². The van der Waals surface area contributed by atoms with Crippen LogP contribution in [0.25, 0.3) is 0 Å². The molecule has 1 aliphatic heterocycles. The molecule has 1 aromatic heterocycles. The average molecular weight is 404 g/mol. The van der Waals surface area contributed by atoms with Crippen LogP contribution >= 0.6 is 23.4 Å². The Morgan fingerprint density at radius 3 is 2.52 bits per heavy atom. The maximum Gasteiger partial charge on any atom is 0.271 e. The Morgan fingerprint density at radius 1 is 1.19 bits per heavy atom. The van der Waals surface area contributed by atoms with Crippen LogP contribution in [0.15, 0.2) is 36.4 Å². The lowest BCUT2D eigenvalue weighted by atomic mass is 10.0. The highest BCUT2D eigenvalue weighted by molar-refractivity contribution is 7.99. The van der Waals surface area contributed by atoms with Crippen LogP contribution in [-0.2, 0) is 0 Å². The lowest BCUT2D eigenvalue weighted by Crippen LogP contribution is -2.41. The fourth-order valence-corrected chi connectivity index (χ4v) is 4.31. The number of aromatic nitrogens is 1. The number of hydrogen-bond donors (Lipinski definition) is 0. The Morgan fingerprint density at radius 2 is 1.89 bits per heavy atom. The van der Waals surface area contributed by atoms with Crippen LogP contribution < -0.4 is 0 Å². The number of amides is 2. The molecule has 1 aliphatic rings. The van der Waals surface area contributed by atoms with Crippen LogP contribution in [0.4, 0.5) is 0 Å². The zero-order valence-corrected chi connectivity index (χ0v) is 17.2. The van der Waals surface area contributed by atoms with E-state index in [9.17, 15) is 9.59 Å². The SMILES string of the molecule is Cc1nc(C(=O)N(C)C)ccc1C(=O)N1CCSCC1c1ccc(Cl)cc1. The number of halogens is 1. The van der Waals surface area contributed by atoms with Crippen molar-refractivity contribution in [3.05, 3.63) is 63.9 Å². The molecule has 142 valence electrons. The zero-order valence-electron chi connectivity index (χ0n) is 15.6. The molecule has 0 saturated carbocycles. The van der Waals surface area contributed by atoms with Gasteiger partial charge in [0.25, 0.3) is 11.8 Å². The molecule has 0 spiro atoms. The van der Waals surface area contributed by atoms with Gasteiger partial charge in [0.2, 0.25) is 0 Å². The minimum Gasteiger partial charge on any atom is -0.343 e. The highest BCUT2D eigenvalue weighted by atomic mass is 35.5. The molecular weight excluding hydrogens is 382 g/mol. The molecule has 1 atom stereocenters. The van der Waals surface area contributed by atoms with Gasteiger partial charge in [0.05, 0.1) is 17.3 Å². The topological polar surface area (TPSA) is 53.5 Å². The highest BCUT2D eigenvalue weighted by Crippen LogP contribution is 2.31. The summed E-state index contributed by atoms with van der Waals surface area (Å²) in [7, 11) is 3.36. The van der Waals surface area contributed by atoms with E-state index in [0.717, 1.165) is 17.1 Å². The Hall–Kier alpha value is -2.05. The third-order valence-corrected chi connectivity index (χ3v) is 5.86. The van der Waals surface area contributed by atoms with E-state index in [-0.39, 0.29) is 17.9 Å². The lowest BCUT2D eigenvalue weighted by Gasteiger charge is -2.36. The molecule has 1 aromatic carbocycles. The highest BCUT2D eigenvalue weighted by Gasteiger charge is 2.30. The van der Waals surface area contributed by atoms with Crippen molar-refractivity contribution in [3.63, 3.8) is 0 Å². The Bertz CT molecular complexity index is 855. The van der Waals surface area contributed by atoms with E-state index < -0.39 is 0 Å². The van der Waals surface area contributed by atoms with Gasteiger partial charge in [-0.15, -0.1) is 0 Å². The summed E-state index contributed by atoms with van der Waals surface area (Å²) in [6, 6.07) is 11.0. The predicted octanol–water partition coefficient (Wildman–Crippen LogP) is 3.68. The minimum absolute atomic E-state index is 0.00370. The van der Waals surface area contributed by atoms with Gasteiger partial charge in [-0.05, 0) is 36.8 Å². The van der Waals surface area contributed by atoms with Crippen LogP contribution in [-0.4, -0.2) is 58.7 Å². The quantitative estimate of drug-likeness (QED) is 0.784. The largest absolute Gasteiger partial charge is 0.343 e. The molecule has 2 aromatic rings. The number of carbonyl (C=O) groups is 2. The fourth-order valence-electron chi connectivity index (χ4n) is 3.10. The van der Waals surface area contributed by atoms with Crippen LogP contribution in [0.3, 0.4) is 0 Å². The first-order valence-electron chi connectivity index (χ1n) is 8.72. The number of hydrogen-bond acceptors (Lipinski definition) is 4. The normalized spacial score (nSPS) is 16.9. The Labute approximate surface area is 168 Å². The molecule has 7 heteroatoms. The van der Waals surface area contributed by atoms with Crippen molar-refractivity contribution < 1.29 is 9.59 Å². The first-order chi connectivity index (χ1) is 12.9. The molecule has 2 amide bonds. The van der Waals surface area contributed by atoms with E-state index in [4.69, 9.17) is 11.6 Å². The fraction of sp³-hybridized carbons (Fsp3) is 0.350. The molecule has 0 bridgehead atoms. The maximum absolute atomic E-state index is 13.2. The molecular formula is C20H22ClN3O2S. The number of thioether (sulfide) groups is 1. The Kier molecular flexibility index (Phi) is 6.07. The molecule has 0 N–H and O–H groups in total. The van der Waals surface area contributed by atoms with Gasteiger partial charge in [0.1, 0.15) is 5.69 Å². The Balaban J connectivity index is 1.88. The monoisotopic (exact) mass is 403 g/mol. The van der Waals surface area contributed by atoms with Crippen molar-refractivity contribution in [2.24, 2.45) is 0 Å². The molecule has 0 radical (unpaired) electrons. The number of carbonyl (C=O) groups excluding carboxylic acids is 2. The summed E-state index contributed by atoms with van der Waals surface area (Å²) in [5.74, 6) is 1.52. The molecule has 5 nitrogen and oxygen atoms in total. The van der Waals surface area contributed by atoms with E-state index >= 15 is 0 Å². The van der Waals surface area contributed by atoms with Crippen LogP contribution in [0.2, 0.25) is 5.02 Å². The summed E-state index contributed by atoms with van der Waals surface area (Å²) >= 11 is 7.84. The van der Waals surface area contributed by atoms with Gasteiger partial charge in [0.15, 0.2) is 0 Å². The summed E-state index contributed by atoms with van der Waals surface area (Å²) in [5, 5.41) is 0.682. The smallest absolute Gasteiger partial charge is 0.271 e. The molecule has 1 unspecified atom stereocenters. The maximum atomic E-state index is 13.2. The second-order valence-corrected chi connectivity index (χ2v) is 8.26. The molecule has 27 heavy (non-hydrogen) atoms. The molecule has 0 aliphatic carbocycles. The van der Waals surface area contributed by atoms with Crippen molar-refractivity contribution in [2.45, 2.75) is 13.0 Å². The van der Waals surface area contributed by atoms with E-state index in [0.29, 0.717) is 28.5 Å². The molecule has 1 saturated heterocycles. The number of nitrogens with zero attached hydrogens (tertiary/aromatic N) is 3. The van der Waals surface area contributed by atoms with Crippen LogP contribution in [0.1, 0.15) is 38.1 Å². The minimum atomic E-state index is -0.175. The standard InChI is InChI=1S/C20H22ClN3O2S/c1-13-16(8-9-17(22-13)20(26)23(2)3)19(25)24-10-11-27-12-18(24)14-4-6-15(21)7-5-14/h4-9,18H,10-12H2,1-3H3. The van der Waals surface area contributed by atoms with Gasteiger partial charge in [-0.1, -0.05) is 23.7 Å². The van der Waals surface area contributed by atoms with E-state index in [1.165, 1.54) is 4.90 Å². The van der Waals surface area contributed by atoms with Gasteiger partial charge in [-0.3, -0.25) is 9.59 Å². The third-order valence-electron chi connectivity index (χ3n) is 4.59. The van der Waals surface area contributed by atoms with Gasteiger partial charge >= 0.3 is 0 Å². The van der Waals surface area contributed by atoms with Crippen molar-refractivity contribution in [3.8, 4) is 0 Å². The number of rotatable bonds is 3. The van der Waals surface area contributed by atoms with Gasteiger partial charge in [-0.25, -0.2) is 4.98 Å². The first kappa shape index (κ1) is 19.7. The molecule has 1 fully saturated rings. The first-order valence-corrected chi connectivity index (χ1v) is 10.2. The van der Waals surface area contributed by atoms with Crippen molar-refractivity contribution >= 4 is 35.2 Å². The molecule has 3 rings (SSSR count). The second kappa shape index (κ2) is 8.31. The summed E-state index contributed by atoms with van der Waals surface area (Å²) in [6.07, 6.45) is 0. The van der Waals surface area contributed by atoms with E-state index in [1.54, 1.807) is 33.2 Å². The van der Waals surface area contributed by atoms with E-state index in [1.807, 2.05) is 40.9 Å². The number of benzene rings is 1. The van der Waals surface area contributed by atoms with Crippen molar-refractivity contribution in [1.82, 2.24) is 14.8 Å². The second-order valence-electron chi connectivity index (χ2n) is 6.67. The number of pyridine rings is 1. The summed E-state index contributed by atoms with van der Waals surface area (Å²) in [4.78, 5) is 33.1. The summed E-state index contributed by atoms with van der Waals surface area (Å²) in [5.41, 5.74) is 2.53. The van der Waals surface area contributed by atoms with Crippen molar-refractivity contribution in [1.29, 1.82) is 0 Å². The van der Waals surface area contributed by atoms with Gasteiger partial charge < -0.3 is 9.80 Å².